The molecule has 20 heavy (non-hydrogen) atoms. The Morgan fingerprint density at radius 2 is 2.15 bits per heavy atom. The maximum Gasteiger partial charge on any atom is 0.339 e. The standard InChI is InChI=1S/C16H13FO3/c1-9-7-11-8-10(5-6-14(11)20-9)12-3-2-4-13(17)15(12)16(18)19/h2-6,8-9H,7H2,1H3,(H,18,19). The number of carboxylic acid groups (broad SMARTS) is 1. The third-order valence-electron chi connectivity index (χ3n) is 3.43. The smallest absolute Gasteiger partial charge is 0.339 e. The predicted molar refractivity (Wildman–Crippen MR) is 72.6 cm³/mol. The van der Waals surface area contributed by atoms with Gasteiger partial charge in [0.1, 0.15) is 23.2 Å². The highest BCUT2D eigenvalue weighted by Gasteiger charge is 2.21. The Bertz CT molecular complexity index is 694. The second-order valence-electron chi connectivity index (χ2n) is 4.92. The van der Waals surface area contributed by atoms with E-state index in [0.29, 0.717) is 11.1 Å². The number of carboxylic acids is 1. The molecular formula is C16H13FO3. The molecule has 4 heteroatoms. The molecular weight excluding hydrogens is 259 g/mol. The molecule has 2 aromatic carbocycles. The molecule has 0 bridgehead atoms. The summed E-state index contributed by atoms with van der Waals surface area (Å²) in [7, 11) is 0. The van der Waals surface area contributed by atoms with Crippen molar-refractivity contribution in [1.29, 1.82) is 0 Å². The van der Waals surface area contributed by atoms with Gasteiger partial charge in [0.05, 0.1) is 0 Å². The zero-order valence-electron chi connectivity index (χ0n) is 10.9. The molecule has 1 aliphatic rings. The number of carbonyl (C=O) groups is 1. The van der Waals surface area contributed by atoms with Crippen LogP contribution in [0.5, 0.6) is 5.75 Å². The van der Waals surface area contributed by atoms with Crippen molar-refractivity contribution < 1.29 is 19.0 Å². The van der Waals surface area contributed by atoms with E-state index >= 15 is 0 Å². The molecule has 0 fully saturated rings. The van der Waals surface area contributed by atoms with Crippen molar-refractivity contribution in [1.82, 2.24) is 0 Å². The number of rotatable bonds is 2. The van der Waals surface area contributed by atoms with Crippen molar-refractivity contribution in [3.05, 3.63) is 53.3 Å². The van der Waals surface area contributed by atoms with E-state index in [-0.39, 0.29) is 11.7 Å². The van der Waals surface area contributed by atoms with Crippen LogP contribution in [-0.4, -0.2) is 17.2 Å². The number of fused-ring (bicyclic) bond motifs is 1. The van der Waals surface area contributed by atoms with Gasteiger partial charge in [-0.2, -0.15) is 0 Å². The molecule has 0 spiro atoms. The van der Waals surface area contributed by atoms with Crippen LogP contribution in [0.3, 0.4) is 0 Å². The Morgan fingerprint density at radius 3 is 2.90 bits per heavy atom. The molecule has 3 rings (SSSR count). The van der Waals surface area contributed by atoms with E-state index in [1.807, 2.05) is 19.1 Å². The van der Waals surface area contributed by atoms with Gasteiger partial charge in [0.2, 0.25) is 0 Å². The minimum atomic E-state index is -1.26. The predicted octanol–water partition coefficient (Wildman–Crippen LogP) is 3.51. The minimum absolute atomic E-state index is 0.117. The van der Waals surface area contributed by atoms with Crippen LogP contribution in [0.1, 0.15) is 22.8 Å². The fraction of sp³-hybridized carbons (Fsp3) is 0.188. The average molecular weight is 272 g/mol. The van der Waals surface area contributed by atoms with Crippen molar-refractivity contribution in [3.8, 4) is 16.9 Å². The van der Waals surface area contributed by atoms with Crippen LogP contribution < -0.4 is 4.74 Å². The van der Waals surface area contributed by atoms with Crippen molar-refractivity contribution in [2.75, 3.05) is 0 Å². The van der Waals surface area contributed by atoms with E-state index in [2.05, 4.69) is 0 Å². The monoisotopic (exact) mass is 272 g/mol. The first-order valence-corrected chi connectivity index (χ1v) is 6.38. The fourth-order valence-electron chi connectivity index (χ4n) is 2.57. The zero-order valence-corrected chi connectivity index (χ0v) is 10.9. The van der Waals surface area contributed by atoms with Gasteiger partial charge in [-0.1, -0.05) is 18.2 Å². The van der Waals surface area contributed by atoms with E-state index in [0.717, 1.165) is 23.8 Å². The Labute approximate surface area is 115 Å². The third kappa shape index (κ3) is 2.03. The van der Waals surface area contributed by atoms with Crippen LogP contribution in [0.4, 0.5) is 4.39 Å². The van der Waals surface area contributed by atoms with Gasteiger partial charge >= 0.3 is 5.97 Å². The van der Waals surface area contributed by atoms with Crippen molar-refractivity contribution in [3.63, 3.8) is 0 Å². The lowest BCUT2D eigenvalue weighted by Crippen LogP contribution is -2.05. The SMILES string of the molecule is CC1Cc2cc(-c3cccc(F)c3C(=O)O)ccc2O1. The second kappa shape index (κ2) is 4.63. The van der Waals surface area contributed by atoms with E-state index in [4.69, 9.17) is 4.74 Å². The van der Waals surface area contributed by atoms with Gasteiger partial charge in [-0.15, -0.1) is 0 Å². The van der Waals surface area contributed by atoms with Gasteiger partial charge in [-0.05, 0) is 41.8 Å². The number of halogens is 1. The van der Waals surface area contributed by atoms with Gasteiger partial charge in [0.15, 0.2) is 0 Å². The number of hydrogen-bond acceptors (Lipinski definition) is 2. The number of hydrogen-bond donors (Lipinski definition) is 1. The highest BCUT2D eigenvalue weighted by molar-refractivity contribution is 5.96. The van der Waals surface area contributed by atoms with Gasteiger partial charge in [-0.3, -0.25) is 0 Å². The van der Waals surface area contributed by atoms with Gasteiger partial charge in [-0.25, -0.2) is 9.18 Å². The first-order valence-electron chi connectivity index (χ1n) is 6.38. The summed E-state index contributed by atoms with van der Waals surface area (Å²) in [5, 5.41) is 9.18. The zero-order chi connectivity index (χ0) is 14.3. The molecule has 102 valence electrons. The fourth-order valence-corrected chi connectivity index (χ4v) is 2.57. The number of ether oxygens (including phenoxy) is 1. The third-order valence-corrected chi connectivity index (χ3v) is 3.43. The molecule has 0 saturated carbocycles. The highest BCUT2D eigenvalue weighted by atomic mass is 19.1. The van der Waals surface area contributed by atoms with Crippen LogP contribution >= 0.6 is 0 Å². The molecule has 1 unspecified atom stereocenters. The Morgan fingerprint density at radius 1 is 1.35 bits per heavy atom. The summed E-state index contributed by atoms with van der Waals surface area (Å²) in [6.07, 6.45) is 0.896. The molecule has 0 saturated heterocycles. The molecule has 1 N–H and O–H groups in total. The van der Waals surface area contributed by atoms with Gasteiger partial charge in [0.25, 0.3) is 0 Å². The van der Waals surface area contributed by atoms with Crippen molar-refractivity contribution in [2.24, 2.45) is 0 Å². The molecule has 0 amide bonds. The molecule has 1 atom stereocenters. The van der Waals surface area contributed by atoms with E-state index in [9.17, 15) is 14.3 Å². The Hall–Kier alpha value is -2.36. The first kappa shape index (κ1) is 12.7. The van der Waals surface area contributed by atoms with Crippen LogP contribution in [0.25, 0.3) is 11.1 Å². The number of benzene rings is 2. The summed E-state index contributed by atoms with van der Waals surface area (Å²) >= 11 is 0. The summed E-state index contributed by atoms with van der Waals surface area (Å²) < 4.78 is 19.3. The summed E-state index contributed by atoms with van der Waals surface area (Å²) in [6, 6.07) is 9.74. The van der Waals surface area contributed by atoms with E-state index in [1.165, 1.54) is 6.07 Å². The average Bonchev–Trinajstić information content (AvgIpc) is 2.76. The summed E-state index contributed by atoms with van der Waals surface area (Å²) in [5.41, 5.74) is 1.81. The molecule has 0 radical (unpaired) electrons. The number of aromatic carboxylic acids is 1. The van der Waals surface area contributed by atoms with Crippen molar-refractivity contribution in [2.45, 2.75) is 19.4 Å². The summed E-state index contributed by atoms with van der Waals surface area (Å²) in [5.74, 6) is -1.17. The van der Waals surface area contributed by atoms with Gasteiger partial charge in [0, 0.05) is 6.42 Å². The molecule has 1 heterocycles. The van der Waals surface area contributed by atoms with E-state index < -0.39 is 11.8 Å². The molecule has 0 aromatic heterocycles. The Kier molecular flexibility index (Phi) is 2.93. The van der Waals surface area contributed by atoms with Crippen LogP contribution in [-0.2, 0) is 6.42 Å². The summed E-state index contributed by atoms with van der Waals surface area (Å²) in [4.78, 5) is 11.2. The molecule has 2 aromatic rings. The maximum atomic E-state index is 13.7. The highest BCUT2D eigenvalue weighted by Crippen LogP contribution is 2.34. The Balaban J connectivity index is 2.13. The maximum absolute atomic E-state index is 13.7. The van der Waals surface area contributed by atoms with Gasteiger partial charge < -0.3 is 9.84 Å². The largest absolute Gasteiger partial charge is 0.490 e. The van der Waals surface area contributed by atoms with Crippen molar-refractivity contribution >= 4 is 5.97 Å². The lowest BCUT2D eigenvalue weighted by Gasteiger charge is -2.08. The van der Waals surface area contributed by atoms with Crippen LogP contribution in [0, 0.1) is 5.82 Å². The molecule has 1 aliphatic heterocycles. The second-order valence-corrected chi connectivity index (χ2v) is 4.92. The minimum Gasteiger partial charge on any atom is -0.490 e. The lowest BCUT2D eigenvalue weighted by atomic mass is 9.96. The van der Waals surface area contributed by atoms with Crippen LogP contribution in [0.15, 0.2) is 36.4 Å². The molecule has 0 aliphatic carbocycles. The topological polar surface area (TPSA) is 46.5 Å². The lowest BCUT2D eigenvalue weighted by molar-refractivity contribution is 0.0693. The first-order chi connectivity index (χ1) is 9.56. The normalized spacial score (nSPS) is 16.6. The van der Waals surface area contributed by atoms with E-state index in [1.54, 1.807) is 12.1 Å². The molecule has 3 nitrogen and oxygen atoms in total. The van der Waals surface area contributed by atoms with Crippen LogP contribution in [0.2, 0.25) is 0 Å². The quantitative estimate of drug-likeness (QED) is 0.910. The summed E-state index contributed by atoms with van der Waals surface area (Å²) in [6.45, 7) is 1.98.